The van der Waals surface area contributed by atoms with Crippen molar-refractivity contribution in [2.75, 3.05) is 19.7 Å². The molecule has 2 aliphatic heterocycles. The van der Waals surface area contributed by atoms with E-state index in [1.807, 2.05) is 30.3 Å². The van der Waals surface area contributed by atoms with E-state index in [-0.39, 0.29) is 6.09 Å². The van der Waals surface area contributed by atoms with E-state index in [0.29, 0.717) is 39.0 Å². The van der Waals surface area contributed by atoms with E-state index in [1.165, 1.54) is 0 Å². The highest BCUT2D eigenvalue weighted by Crippen LogP contribution is 2.37. The number of likely N-dealkylation sites (tertiary alicyclic amines) is 1. The highest BCUT2D eigenvalue weighted by atomic mass is 16.7. The first-order valence-corrected chi connectivity index (χ1v) is 8.22. The van der Waals surface area contributed by atoms with E-state index in [1.54, 1.807) is 11.8 Å². The van der Waals surface area contributed by atoms with Crippen LogP contribution in [0.15, 0.2) is 30.3 Å². The Bertz CT molecular complexity index is 644. The summed E-state index contributed by atoms with van der Waals surface area (Å²) in [4.78, 5) is 19.1. The van der Waals surface area contributed by atoms with Crippen molar-refractivity contribution in [1.29, 1.82) is 0 Å². The van der Waals surface area contributed by atoms with Crippen molar-refractivity contribution in [3.8, 4) is 11.8 Å². The van der Waals surface area contributed by atoms with Gasteiger partial charge in [-0.25, -0.2) is 4.79 Å². The summed E-state index contributed by atoms with van der Waals surface area (Å²) in [7, 11) is 0. The monoisotopic (exact) mass is 330 g/mol. The van der Waals surface area contributed by atoms with Crippen molar-refractivity contribution in [2.24, 2.45) is 0 Å². The number of hydroxylamine groups is 1. The first-order valence-electron chi connectivity index (χ1n) is 8.22. The van der Waals surface area contributed by atoms with Crippen LogP contribution in [-0.2, 0) is 9.57 Å². The van der Waals surface area contributed by atoms with Crippen LogP contribution in [-0.4, -0.2) is 47.1 Å². The van der Waals surface area contributed by atoms with E-state index in [4.69, 9.17) is 9.57 Å². The molecule has 2 aliphatic rings. The summed E-state index contributed by atoms with van der Waals surface area (Å²) >= 11 is 0. The van der Waals surface area contributed by atoms with Crippen LogP contribution in [0.4, 0.5) is 4.79 Å². The molecule has 1 amide bonds. The number of piperidine rings is 1. The van der Waals surface area contributed by atoms with Crippen LogP contribution < -0.4 is 5.48 Å². The Morgan fingerprint density at radius 1 is 1.38 bits per heavy atom. The minimum atomic E-state index is -1.37. The smallest absolute Gasteiger partial charge is 0.409 e. The largest absolute Gasteiger partial charge is 0.450 e. The highest BCUT2D eigenvalue weighted by Gasteiger charge is 2.50. The van der Waals surface area contributed by atoms with Gasteiger partial charge in [0.2, 0.25) is 5.72 Å². The number of nitrogens with zero attached hydrogens (tertiary/aromatic N) is 1. The number of hydrogen-bond acceptors (Lipinski definition) is 5. The first-order chi connectivity index (χ1) is 11.5. The van der Waals surface area contributed by atoms with Crippen LogP contribution in [0.3, 0.4) is 0 Å². The quantitative estimate of drug-likeness (QED) is 0.766. The molecule has 1 spiro atoms. The summed E-state index contributed by atoms with van der Waals surface area (Å²) in [6.45, 7) is 3.25. The van der Waals surface area contributed by atoms with Gasteiger partial charge in [0.15, 0.2) is 0 Å². The molecule has 3 rings (SSSR count). The number of carbonyl (C=O) groups excluding carboxylic acids is 1. The minimum Gasteiger partial charge on any atom is -0.450 e. The molecule has 1 unspecified atom stereocenters. The van der Waals surface area contributed by atoms with Crippen LogP contribution in [0, 0.1) is 11.8 Å². The normalized spacial score (nSPS) is 25.2. The molecule has 0 saturated carbocycles. The van der Waals surface area contributed by atoms with Gasteiger partial charge in [-0.2, -0.15) is 5.48 Å². The maximum absolute atomic E-state index is 11.8. The number of ether oxygens (including phenoxy) is 1. The zero-order valence-corrected chi connectivity index (χ0v) is 13.7. The predicted octanol–water partition coefficient (Wildman–Crippen LogP) is 1.64. The molecule has 0 radical (unpaired) electrons. The zero-order chi connectivity index (χ0) is 17.0. The lowest BCUT2D eigenvalue weighted by atomic mass is 9.85. The molecule has 128 valence electrons. The number of rotatable bonds is 1. The summed E-state index contributed by atoms with van der Waals surface area (Å²) in [5, 5.41) is 10.6. The van der Waals surface area contributed by atoms with Gasteiger partial charge in [0.25, 0.3) is 0 Å². The molecule has 2 saturated heterocycles. The van der Waals surface area contributed by atoms with Crippen LogP contribution in [0.1, 0.15) is 31.7 Å². The molecule has 24 heavy (non-hydrogen) atoms. The molecule has 2 heterocycles. The van der Waals surface area contributed by atoms with Crippen molar-refractivity contribution < 1.29 is 19.5 Å². The average molecular weight is 330 g/mol. The number of carbonyl (C=O) groups is 1. The topological polar surface area (TPSA) is 71.0 Å². The molecular formula is C18H22N2O4. The lowest BCUT2D eigenvalue weighted by Gasteiger charge is -2.36. The fourth-order valence-corrected chi connectivity index (χ4v) is 3.09. The van der Waals surface area contributed by atoms with E-state index in [2.05, 4.69) is 17.3 Å². The number of aliphatic hydroxyl groups is 1. The molecule has 1 atom stereocenters. The summed E-state index contributed by atoms with van der Waals surface area (Å²) in [5.74, 6) is 5.83. The summed E-state index contributed by atoms with van der Waals surface area (Å²) in [6.07, 6.45) is 1.34. The van der Waals surface area contributed by atoms with Crippen molar-refractivity contribution in [2.45, 2.75) is 37.5 Å². The standard InChI is InChI=1S/C18H22N2O4/c1-2-23-16(21)20-12-10-17(11-13-20)14-18(22,19-24-17)9-8-15-6-4-3-5-7-15/h3-7,19,22H,2,10-14H2,1H3. The molecule has 2 fully saturated rings. The summed E-state index contributed by atoms with van der Waals surface area (Å²) < 4.78 is 5.02. The lowest BCUT2D eigenvalue weighted by Crippen LogP contribution is -2.47. The van der Waals surface area contributed by atoms with Crippen LogP contribution in [0.25, 0.3) is 0 Å². The maximum atomic E-state index is 11.8. The molecule has 6 heteroatoms. The predicted molar refractivity (Wildman–Crippen MR) is 87.7 cm³/mol. The Morgan fingerprint density at radius 3 is 2.75 bits per heavy atom. The Kier molecular flexibility index (Phi) is 4.76. The van der Waals surface area contributed by atoms with Crippen LogP contribution >= 0.6 is 0 Å². The molecule has 0 aliphatic carbocycles. The van der Waals surface area contributed by atoms with Gasteiger partial charge in [0.05, 0.1) is 12.2 Å². The van der Waals surface area contributed by atoms with Gasteiger partial charge in [-0.1, -0.05) is 24.1 Å². The molecule has 6 nitrogen and oxygen atoms in total. The molecule has 0 bridgehead atoms. The summed E-state index contributed by atoms with van der Waals surface area (Å²) in [6, 6.07) is 9.50. The van der Waals surface area contributed by atoms with Crippen LogP contribution in [0.5, 0.6) is 0 Å². The Labute approximate surface area is 141 Å². The highest BCUT2D eigenvalue weighted by molar-refractivity contribution is 5.67. The third-order valence-electron chi connectivity index (χ3n) is 4.40. The van der Waals surface area contributed by atoms with Crippen molar-refractivity contribution >= 4 is 6.09 Å². The van der Waals surface area contributed by atoms with Gasteiger partial charge < -0.3 is 14.7 Å². The second kappa shape index (κ2) is 6.81. The summed E-state index contributed by atoms with van der Waals surface area (Å²) in [5.41, 5.74) is 1.65. The van der Waals surface area contributed by atoms with E-state index < -0.39 is 11.3 Å². The number of nitrogens with one attached hydrogen (secondary N) is 1. The number of benzene rings is 1. The molecule has 1 aromatic carbocycles. The van der Waals surface area contributed by atoms with Gasteiger partial charge in [-0.15, -0.1) is 0 Å². The van der Waals surface area contributed by atoms with E-state index in [0.717, 1.165) is 5.56 Å². The Hall–Kier alpha value is -2.07. The molecular weight excluding hydrogens is 308 g/mol. The van der Waals surface area contributed by atoms with Gasteiger partial charge >= 0.3 is 6.09 Å². The minimum absolute atomic E-state index is 0.294. The zero-order valence-electron chi connectivity index (χ0n) is 13.7. The van der Waals surface area contributed by atoms with Crippen molar-refractivity contribution in [3.63, 3.8) is 0 Å². The van der Waals surface area contributed by atoms with E-state index >= 15 is 0 Å². The number of amides is 1. The van der Waals surface area contributed by atoms with Gasteiger partial charge in [0, 0.05) is 25.1 Å². The molecule has 0 aromatic heterocycles. The van der Waals surface area contributed by atoms with Crippen molar-refractivity contribution in [1.82, 2.24) is 10.4 Å². The third kappa shape index (κ3) is 3.70. The van der Waals surface area contributed by atoms with E-state index in [9.17, 15) is 9.90 Å². The van der Waals surface area contributed by atoms with Gasteiger partial charge in [0.1, 0.15) is 0 Å². The second-order valence-electron chi connectivity index (χ2n) is 6.23. The average Bonchev–Trinajstić information content (AvgIpc) is 2.92. The molecule has 1 aromatic rings. The third-order valence-corrected chi connectivity index (χ3v) is 4.40. The molecule has 2 N–H and O–H groups in total. The van der Waals surface area contributed by atoms with Gasteiger partial charge in [-0.05, 0) is 37.8 Å². The second-order valence-corrected chi connectivity index (χ2v) is 6.23. The van der Waals surface area contributed by atoms with Gasteiger partial charge in [-0.3, -0.25) is 4.84 Å². The Balaban J connectivity index is 1.61. The fourth-order valence-electron chi connectivity index (χ4n) is 3.09. The Morgan fingerprint density at radius 2 is 2.08 bits per heavy atom. The SMILES string of the molecule is CCOC(=O)N1CCC2(CC1)CC(O)(C#Cc1ccccc1)NO2. The van der Waals surface area contributed by atoms with Crippen molar-refractivity contribution in [3.05, 3.63) is 35.9 Å². The number of hydrogen-bond donors (Lipinski definition) is 2. The maximum Gasteiger partial charge on any atom is 0.409 e. The van der Waals surface area contributed by atoms with Crippen LogP contribution in [0.2, 0.25) is 0 Å². The lowest BCUT2D eigenvalue weighted by molar-refractivity contribution is -0.101. The first kappa shape index (κ1) is 16.8. The fraction of sp³-hybridized carbons (Fsp3) is 0.500.